The van der Waals surface area contributed by atoms with Crippen molar-refractivity contribution in [2.75, 3.05) is 12.0 Å². The minimum Gasteiger partial charge on any atom is -0.490 e. The molecule has 0 atom stereocenters. The molecule has 1 heterocycles. The smallest absolute Gasteiger partial charge is 0.287 e. The Labute approximate surface area is 186 Å². The number of allylic oxidation sites excluding steroid dienone is 1. The molecule has 0 aliphatic rings. The van der Waals surface area contributed by atoms with Gasteiger partial charge >= 0.3 is 0 Å². The Hall–Kier alpha value is -4.20. The van der Waals surface area contributed by atoms with Gasteiger partial charge in [-0.2, -0.15) is 5.10 Å². The first-order valence-corrected chi connectivity index (χ1v) is 10.1. The summed E-state index contributed by atoms with van der Waals surface area (Å²) in [6, 6.07) is 16.6. The highest BCUT2D eigenvalue weighted by Gasteiger charge is 2.13. The molecule has 0 spiro atoms. The third-order valence-corrected chi connectivity index (χ3v) is 4.40. The van der Waals surface area contributed by atoms with Crippen molar-refractivity contribution < 1.29 is 14.4 Å². The summed E-state index contributed by atoms with van der Waals surface area (Å²) in [4.78, 5) is 14.2. The monoisotopic (exact) mass is 432 g/mol. The largest absolute Gasteiger partial charge is 0.490 e. The summed E-state index contributed by atoms with van der Waals surface area (Å²) in [5.74, 6) is 1.70. The van der Waals surface area contributed by atoms with Crippen molar-refractivity contribution in [2.45, 2.75) is 20.0 Å². The number of ether oxygens (including phenoxy) is 2. The predicted octanol–water partition coefficient (Wildman–Crippen LogP) is 5.14. The van der Waals surface area contributed by atoms with E-state index in [0.29, 0.717) is 37.0 Å². The number of hydrogen-bond donors (Lipinski definition) is 1. The molecule has 0 bridgehead atoms. The van der Waals surface area contributed by atoms with Gasteiger partial charge in [0.1, 0.15) is 18.6 Å². The quantitative estimate of drug-likeness (QED) is 0.195. The minimum absolute atomic E-state index is 0.0824. The molecule has 0 unspecified atom stereocenters. The standard InChI is InChI=1S/C24H24N4O4/c1-3-8-20-13-19(15-26-27-23-12-11-21(16-25-23)28(29)30)14-22(31-4-2)24(20)32-17-18-9-6-5-7-10-18/h3,5-7,9-16H,1,4,8,17H2,2H3,(H,25,27)/b26-15+. The van der Waals surface area contributed by atoms with Crippen molar-refractivity contribution in [3.05, 3.63) is 100 Å². The van der Waals surface area contributed by atoms with Gasteiger partial charge in [0, 0.05) is 11.6 Å². The van der Waals surface area contributed by atoms with Crippen LogP contribution in [0.5, 0.6) is 11.5 Å². The summed E-state index contributed by atoms with van der Waals surface area (Å²) >= 11 is 0. The van der Waals surface area contributed by atoms with Crippen LogP contribution in [0, 0.1) is 10.1 Å². The zero-order valence-corrected chi connectivity index (χ0v) is 17.7. The summed E-state index contributed by atoms with van der Waals surface area (Å²) in [5.41, 5.74) is 5.47. The molecular weight excluding hydrogens is 408 g/mol. The number of rotatable bonds is 11. The van der Waals surface area contributed by atoms with E-state index in [1.54, 1.807) is 12.3 Å². The molecule has 0 amide bonds. The maximum Gasteiger partial charge on any atom is 0.287 e. The van der Waals surface area contributed by atoms with Gasteiger partial charge in [-0.1, -0.05) is 36.4 Å². The molecule has 0 saturated carbocycles. The van der Waals surface area contributed by atoms with Crippen molar-refractivity contribution in [1.82, 2.24) is 4.98 Å². The molecule has 8 heteroatoms. The molecule has 0 aliphatic heterocycles. The van der Waals surface area contributed by atoms with E-state index in [1.807, 2.05) is 49.4 Å². The lowest BCUT2D eigenvalue weighted by Gasteiger charge is -2.16. The number of benzene rings is 2. The number of hydrazone groups is 1. The second kappa shape index (κ2) is 11.3. The Bertz CT molecular complexity index is 1080. The van der Waals surface area contributed by atoms with Gasteiger partial charge in [-0.3, -0.25) is 15.5 Å². The van der Waals surface area contributed by atoms with E-state index in [2.05, 4.69) is 22.1 Å². The summed E-state index contributed by atoms with van der Waals surface area (Å²) in [6.07, 6.45) is 5.20. The van der Waals surface area contributed by atoms with Gasteiger partial charge in [-0.15, -0.1) is 6.58 Å². The van der Waals surface area contributed by atoms with E-state index < -0.39 is 4.92 Å². The van der Waals surface area contributed by atoms with Crippen molar-refractivity contribution in [1.29, 1.82) is 0 Å². The van der Waals surface area contributed by atoms with Gasteiger partial charge in [0.2, 0.25) is 0 Å². The maximum absolute atomic E-state index is 10.7. The fourth-order valence-corrected chi connectivity index (χ4v) is 2.95. The van der Waals surface area contributed by atoms with Crippen LogP contribution in [0.15, 0.2) is 78.6 Å². The van der Waals surface area contributed by atoms with Gasteiger partial charge in [-0.05, 0) is 42.7 Å². The zero-order valence-electron chi connectivity index (χ0n) is 17.7. The summed E-state index contributed by atoms with van der Waals surface area (Å²) in [5, 5.41) is 14.9. The number of anilines is 1. The molecule has 3 rings (SSSR count). The number of nitrogens with zero attached hydrogens (tertiary/aromatic N) is 3. The van der Waals surface area contributed by atoms with Crippen LogP contribution in [0.2, 0.25) is 0 Å². The van der Waals surface area contributed by atoms with E-state index in [1.165, 1.54) is 18.3 Å². The van der Waals surface area contributed by atoms with E-state index in [9.17, 15) is 10.1 Å². The molecule has 0 saturated heterocycles. The van der Waals surface area contributed by atoms with Crippen LogP contribution < -0.4 is 14.9 Å². The van der Waals surface area contributed by atoms with E-state index in [-0.39, 0.29) is 5.69 Å². The Morgan fingerprint density at radius 1 is 1.19 bits per heavy atom. The fourth-order valence-electron chi connectivity index (χ4n) is 2.95. The van der Waals surface area contributed by atoms with Crippen LogP contribution in [-0.2, 0) is 13.0 Å². The lowest BCUT2D eigenvalue weighted by atomic mass is 10.1. The molecule has 2 aromatic carbocycles. The number of aromatic nitrogens is 1. The van der Waals surface area contributed by atoms with Crippen molar-refractivity contribution in [3.8, 4) is 11.5 Å². The molecular formula is C24H24N4O4. The third-order valence-electron chi connectivity index (χ3n) is 4.40. The summed E-state index contributed by atoms with van der Waals surface area (Å²) < 4.78 is 12.0. The molecule has 1 aromatic heterocycles. The van der Waals surface area contributed by atoms with Gasteiger partial charge in [-0.25, -0.2) is 4.98 Å². The first-order valence-electron chi connectivity index (χ1n) is 10.1. The van der Waals surface area contributed by atoms with E-state index in [0.717, 1.165) is 16.7 Å². The number of nitro groups is 1. The highest BCUT2D eigenvalue weighted by molar-refractivity contribution is 5.82. The number of nitrogens with one attached hydrogen (secondary N) is 1. The van der Waals surface area contributed by atoms with Gasteiger partial charge in [0.15, 0.2) is 11.5 Å². The number of pyridine rings is 1. The van der Waals surface area contributed by atoms with Crippen LogP contribution in [0.25, 0.3) is 0 Å². The minimum atomic E-state index is -0.502. The lowest BCUT2D eigenvalue weighted by Crippen LogP contribution is -2.04. The van der Waals surface area contributed by atoms with Crippen LogP contribution in [0.1, 0.15) is 23.6 Å². The van der Waals surface area contributed by atoms with Crippen molar-refractivity contribution in [2.24, 2.45) is 5.10 Å². The Kier molecular flexibility index (Phi) is 7.91. The molecule has 8 nitrogen and oxygen atoms in total. The third kappa shape index (κ3) is 6.15. The maximum atomic E-state index is 10.7. The van der Waals surface area contributed by atoms with Crippen LogP contribution in [-0.4, -0.2) is 22.7 Å². The van der Waals surface area contributed by atoms with Crippen LogP contribution in [0.4, 0.5) is 11.5 Å². The Balaban J connectivity index is 1.80. The normalized spacial score (nSPS) is 10.7. The topological polar surface area (TPSA) is 98.9 Å². The summed E-state index contributed by atoms with van der Waals surface area (Å²) in [7, 11) is 0. The van der Waals surface area contributed by atoms with Gasteiger partial charge in [0.05, 0.1) is 17.7 Å². The van der Waals surface area contributed by atoms with Crippen LogP contribution >= 0.6 is 0 Å². The van der Waals surface area contributed by atoms with Gasteiger partial charge < -0.3 is 9.47 Å². The number of hydrogen-bond acceptors (Lipinski definition) is 7. The predicted molar refractivity (Wildman–Crippen MR) is 124 cm³/mol. The molecule has 3 aromatic rings. The molecule has 0 radical (unpaired) electrons. The van der Waals surface area contributed by atoms with Gasteiger partial charge in [0.25, 0.3) is 5.69 Å². The highest BCUT2D eigenvalue weighted by Crippen LogP contribution is 2.34. The average Bonchev–Trinajstić information content (AvgIpc) is 2.80. The molecule has 1 N–H and O–H groups in total. The second-order valence-electron chi connectivity index (χ2n) is 6.74. The van der Waals surface area contributed by atoms with Crippen LogP contribution in [0.3, 0.4) is 0 Å². The first kappa shape index (κ1) is 22.5. The average molecular weight is 432 g/mol. The molecule has 164 valence electrons. The molecule has 32 heavy (non-hydrogen) atoms. The molecule has 0 fully saturated rings. The Morgan fingerprint density at radius 2 is 2.00 bits per heavy atom. The van der Waals surface area contributed by atoms with Crippen molar-refractivity contribution in [3.63, 3.8) is 0 Å². The Morgan fingerprint density at radius 3 is 2.66 bits per heavy atom. The SMILES string of the molecule is C=CCc1cc(/C=N/Nc2ccc([N+](=O)[O-])cn2)cc(OCC)c1OCc1ccccc1. The fraction of sp³-hybridized carbons (Fsp3) is 0.167. The highest BCUT2D eigenvalue weighted by atomic mass is 16.6. The molecule has 0 aliphatic carbocycles. The second-order valence-corrected chi connectivity index (χ2v) is 6.74. The van der Waals surface area contributed by atoms with E-state index in [4.69, 9.17) is 9.47 Å². The van der Waals surface area contributed by atoms with Crippen molar-refractivity contribution >= 4 is 17.7 Å². The summed E-state index contributed by atoms with van der Waals surface area (Å²) in [6.45, 7) is 6.67. The lowest BCUT2D eigenvalue weighted by molar-refractivity contribution is -0.385. The van der Waals surface area contributed by atoms with E-state index >= 15 is 0 Å². The zero-order chi connectivity index (χ0) is 22.8. The first-order chi connectivity index (χ1) is 15.6.